The van der Waals surface area contributed by atoms with Gasteiger partial charge >= 0.3 is 5.97 Å². The molecule has 0 aliphatic carbocycles. The van der Waals surface area contributed by atoms with Gasteiger partial charge in [-0.1, -0.05) is 23.7 Å². The number of nitrogens with zero attached hydrogens (tertiary/aromatic N) is 6. The van der Waals surface area contributed by atoms with Gasteiger partial charge in [-0.3, -0.25) is 4.57 Å². The molecule has 3 heterocycles. The van der Waals surface area contributed by atoms with Gasteiger partial charge in [-0.25, -0.2) is 14.8 Å². The largest absolute Gasteiger partial charge is 0.465 e. The average Bonchev–Trinajstić information content (AvgIpc) is 3.35. The monoisotopic (exact) mass is 394 g/mol. The van der Waals surface area contributed by atoms with Crippen molar-refractivity contribution in [3.05, 3.63) is 77.0 Å². The molecule has 9 heteroatoms. The number of hydrogen-bond acceptors (Lipinski definition) is 7. The Morgan fingerprint density at radius 1 is 1.21 bits per heavy atom. The molecular formula is C19H15ClN6O2. The molecule has 0 fully saturated rings. The standard InChI is InChI=1S/C19H15ClN6O2/c1-12-19(24-25-23-12,14-4-3-5-15(20)8-14)16-10-26(11-22-16)17-7-6-13(9-21-17)18(27)28-2/h3-11H,1-2H3. The van der Waals surface area contributed by atoms with Crippen LogP contribution in [0.1, 0.15) is 28.5 Å². The van der Waals surface area contributed by atoms with Gasteiger partial charge in [0.2, 0.25) is 0 Å². The van der Waals surface area contributed by atoms with Crippen molar-refractivity contribution in [2.45, 2.75) is 12.5 Å². The first kappa shape index (κ1) is 18.0. The maximum atomic E-state index is 11.6. The summed E-state index contributed by atoms with van der Waals surface area (Å²) in [5, 5.41) is 13.0. The number of carbonyl (C=O) groups excluding carboxylic acids is 1. The van der Waals surface area contributed by atoms with E-state index >= 15 is 0 Å². The van der Waals surface area contributed by atoms with Crippen molar-refractivity contribution in [2.75, 3.05) is 7.11 Å². The molecule has 8 nitrogen and oxygen atoms in total. The Bertz CT molecular complexity index is 1110. The number of benzene rings is 1. The SMILES string of the molecule is COC(=O)c1ccc(-n2cnc(C3(c4cccc(Cl)c4)N=NN=C3C)c2)nc1. The van der Waals surface area contributed by atoms with Crippen molar-refractivity contribution in [1.82, 2.24) is 14.5 Å². The molecule has 1 atom stereocenters. The number of hydrogen-bond donors (Lipinski definition) is 0. The zero-order valence-corrected chi connectivity index (χ0v) is 15.8. The molecule has 0 radical (unpaired) electrons. The van der Waals surface area contributed by atoms with E-state index in [0.29, 0.717) is 27.8 Å². The van der Waals surface area contributed by atoms with Gasteiger partial charge < -0.3 is 4.74 Å². The van der Waals surface area contributed by atoms with Crippen LogP contribution in [-0.4, -0.2) is 33.3 Å². The summed E-state index contributed by atoms with van der Waals surface area (Å²) in [4.78, 5) is 20.4. The van der Waals surface area contributed by atoms with Crippen LogP contribution in [0.4, 0.5) is 0 Å². The predicted octanol–water partition coefficient (Wildman–Crippen LogP) is 3.79. The van der Waals surface area contributed by atoms with Gasteiger partial charge in [0.1, 0.15) is 12.1 Å². The lowest BCUT2D eigenvalue weighted by atomic mass is 9.84. The Labute approximate surface area is 165 Å². The Hall–Kier alpha value is -3.39. The second kappa shape index (κ2) is 6.97. The zero-order valence-electron chi connectivity index (χ0n) is 15.1. The van der Waals surface area contributed by atoms with Crippen LogP contribution in [0.2, 0.25) is 5.02 Å². The highest BCUT2D eigenvalue weighted by Crippen LogP contribution is 2.39. The summed E-state index contributed by atoms with van der Waals surface area (Å²) in [5.41, 5.74) is 1.57. The Balaban J connectivity index is 1.75. The number of carbonyl (C=O) groups is 1. The summed E-state index contributed by atoms with van der Waals surface area (Å²) >= 11 is 6.19. The number of imidazole rings is 1. The number of pyridine rings is 1. The van der Waals surface area contributed by atoms with Crippen LogP contribution < -0.4 is 0 Å². The number of methoxy groups -OCH3 is 1. The first-order valence-corrected chi connectivity index (χ1v) is 8.74. The number of halogens is 1. The predicted molar refractivity (Wildman–Crippen MR) is 103 cm³/mol. The molecule has 140 valence electrons. The van der Waals surface area contributed by atoms with Crippen LogP contribution >= 0.6 is 11.6 Å². The average molecular weight is 395 g/mol. The lowest BCUT2D eigenvalue weighted by molar-refractivity contribution is 0.0600. The molecule has 0 bridgehead atoms. The summed E-state index contributed by atoms with van der Waals surface area (Å²) in [5.74, 6) is 0.153. The lowest BCUT2D eigenvalue weighted by Crippen LogP contribution is -2.31. The second-order valence-electron chi connectivity index (χ2n) is 6.16. The maximum Gasteiger partial charge on any atom is 0.339 e. The molecule has 0 saturated heterocycles. The Morgan fingerprint density at radius 3 is 2.71 bits per heavy atom. The molecule has 1 aliphatic rings. The second-order valence-corrected chi connectivity index (χ2v) is 6.59. The van der Waals surface area contributed by atoms with Gasteiger partial charge in [0.25, 0.3) is 0 Å². The van der Waals surface area contributed by atoms with Gasteiger partial charge in [-0.15, -0.1) is 10.2 Å². The third-order valence-electron chi connectivity index (χ3n) is 4.54. The summed E-state index contributed by atoms with van der Waals surface area (Å²) in [7, 11) is 1.33. The van der Waals surface area contributed by atoms with Crippen LogP contribution in [0.25, 0.3) is 5.82 Å². The molecule has 0 saturated carbocycles. The van der Waals surface area contributed by atoms with E-state index in [1.54, 1.807) is 29.1 Å². The first-order valence-electron chi connectivity index (χ1n) is 8.37. The van der Waals surface area contributed by atoms with E-state index < -0.39 is 11.5 Å². The van der Waals surface area contributed by atoms with Gasteiger partial charge in [0.15, 0.2) is 5.54 Å². The van der Waals surface area contributed by atoms with Crippen LogP contribution in [0.3, 0.4) is 0 Å². The molecule has 1 aliphatic heterocycles. The highest BCUT2D eigenvalue weighted by atomic mass is 35.5. The molecule has 28 heavy (non-hydrogen) atoms. The molecular weight excluding hydrogens is 380 g/mol. The molecule has 1 unspecified atom stereocenters. The van der Waals surface area contributed by atoms with Crippen LogP contribution in [0.15, 0.2) is 70.6 Å². The minimum absolute atomic E-state index is 0.370. The topological polar surface area (TPSA) is 94.1 Å². The van der Waals surface area contributed by atoms with Crippen molar-refractivity contribution in [2.24, 2.45) is 15.4 Å². The molecule has 2 aromatic heterocycles. The molecule has 3 aromatic rings. The number of ether oxygens (including phenoxy) is 1. The molecule has 0 N–H and O–H groups in total. The quantitative estimate of drug-likeness (QED) is 0.629. The fourth-order valence-electron chi connectivity index (χ4n) is 3.08. The molecule has 4 rings (SSSR count). The third-order valence-corrected chi connectivity index (χ3v) is 4.78. The first-order chi connectivity index (χ1) is 13.5. The van der Waals surface area contributed by atoms with Crippen LogP contribution in [-0.2, 0) is 10.3 Å². The van der Waals surface area contributed by atoms with E-state index in [0.717, 1.165) is 5.56 Å². The normalized spacial score (nSPS) is 18.2. The van der Waals surface area contributed by atoms with Crippen molar-refractivity contribution >= 4 is 23.3 Å². The molecule has 0 spiro atoms. The summed E-state index contributed by atoms with van der Waals surface area (Å²) < 4.78 is 6.43. The van der Waals surface area contributed by atoms with Crippen LogP contribution in [0, 0.1) is 0 Å². The van der Waals surface area contributed by atoms with Crippen molar-refractivity contribution in [3.63, 3.8) is 0 Å². The molecule has 1 aromatic carbocycles. The minimum Gasteiger partial charge on any atom is -0.465 e. The lowest BCUT2D eigenvalue weighted by Gasteiger charge is -2.23. The van der Waals surface area contributed by atoms with Gasteiger partial charge in [0, 0.05) is 17.4 Å². The zero-order chi connectivity index (χ0) is 19.7. The minimum atomic E-state index is -0.942. The van der Waals surface area contributed by atoms with E-state index in [1.807, 2.05) is 31.3 Å². The van der Waals surface area contributed by atoms with Crippen molar-refractivity contribution in [1.29, 1.82) is 0 Å². The summed E-state index contributed by atoms with van der Waals surface area (Å²) in [6, 6.07) is 10.7. The van der Waals surface area contributed by atoms with Gasteiger partial charge in [-0.05, 0) is 42.0 Å². The fraction of sp³-hybridized carbons (Fsp3) is 0.158. The highest BCUT2D eigenvalue weighted by molar-refractivity contribution is 6.30. The molecule has 0 amide bonds. The van der Waals surface area contributed by atoms with Gasteiger partial charge in [-0.2, -0.15) is 0 Å². The highest BCUT2D eigenvalue weighted by Gasteiger charge is 2.43. The van der Waals surface area contributed by atoms with Crippen LogP contribution in [0.5, 0.6) is 0 Å². The Morgan fingerprint density at radius 2 is 2.07 bits per heavy atom. The number of rotatable bonds is 4. The van der Waals surface area contributed by atoms with Crippen molar-refractivity contribution < 1.29 is 9.53 Å². The van der Waals surface area contributed by atoms with E-state index in [-0.39, 0.29) is 0 Å². The summed E-state index contributed by atoms with van der Waals surface area (Å²) in [6.45, 7) is 1.85. The van der Waals surface area contributed by atoms with Gasteiger partial charge in [0.05, 0.1) is 24.1 Å². The smallest absolute Gasteiger partial charge is 0.339 e. The maximum absolute atomic E-state index is 11.6. The Kier molecular flexibility index (Phi) is 4.48. The van der Waals surface area contributed by atoms with E-state index in [9.17, 15) is 4.79 Å². The van der Waals surface area contributed by atoms with Crippen molar-refractivity contribution in [3.8, 4) is 5.82 Å². The van der Waals surface area contributed by atoms with E-state index in [1.165, 1.54) is 13.3 Å². The third kappa shape index (κ3) is 2.87. The van der Waals surface area contributed by atoms with E-state index in [4.69, 9.17) is 16.3 Å². The van der Waals surface area contributed by atoms with E-state index in [2.05, 4.69) is 25.4 Å². The fourth-order valence-corrected chi connectivity index (χ4v) is 3.27. The summed E-state index contributed by atoms with van der Waals surface area (Å²) in [6.07, 6.45) is 4.89. The number of esters is 1. The number of aromatic nitrogens is 3.